The van der Waals surface area contributed by atoms with Crippen LogP contribution in [0, 0.1) is 6.92 Å². The van der Waals surface area contributed by atoms with Gasteiger partial charge in [-0.2, -0.15) is 13.2 Å². The summed E-state index contributed by atoms with van der Waals surface area (Å²) in [6.07, 6.45) is -4.34. The van der Waals surface area contributed by atoms with E-state index in [0.717, 1.165) is 24.3 Å². The van der Waals surface area contributed by atoms with Crippen molar-refractivity contribution in [2.24, 2.45) is 0 Å². The summed E-state index contributed by atoms with van der Waals surface area (Å²) in [5.74, 6) is 0. The zero-order chi connectivity index (χ0) is 26.0. The van der Waals surface area contributed by atoms with Crippen molar-refractivity contribution >= 4 is 55.1 Å². The lowest BCUT2D eigenvalue weighted by Crippen LogP contribution is -2.18. The van der Waals surface area contributed by atoms with E-state index in [-0.39, 0.29) is 26.9 Å². The molecular weight excluding hydrogens is 531 g/mol. The van der Waals surface area contributed by atoms with Gasteiger partial charge in [0.1, 0.15) is 0 Å². The van der Waals surface area contributed by atoms with Gasteiger partial charge in [-0.3, -0.25) is 14.2 Å². The predicted molar refractivity (Wildman–Crippen MR) is 125 cm³/mol. The lowest BCUT2D eigenvalue weighted by molar-refractivity contribution is -0.137. The van der Waals surface area contributed by atoms with Crippen LogP contribution in [0.4, 0.5) is 30.2 Å². The summed E-state index contributed by atoms with van der Waals surface area (Å²) >= 11 is 5.94. The van der Waals surface area contributed by atoms with Gasteiger partial charge in [0.2, 0.25) is 6.41 Å². The normalized spacial score (nSPS) is 12.1. The van der Waals surface area contributed by atoms with Gasteiger partial charge in [-0.25, -0.2) is 16.8 Å². The summed E-state index contributed by atoms with van der Waals surface area (Å²) in [5.41, 5.74) is -1.06. The molecule has 14 heteroatoms. The number of halogens is 4. The van der Waals surface area contributed by atoms with E-state index in [2.05, 4.69) is 14.8 Å². The molecule has 3 aromatic carbocycles. The first-order chi connectivity index (χ1) is 16.2. The Morgan fingerprint density at radius 1 is 0.857 bits per heavy atom. The van der Waals surface area contributed by atoms with Crippen molar-refractivity contribution in [2.75, 3.05) is 14.8 Å². The third-order valence-electron chi connectivity index (χ3n) is 4.63. The number of rotatable bonds is 8. The van der Waals surface area contributed by atoms with Crippen molar-refractivity contribution in [3.63, 3.8) is 0 Å². The molecular formula is C21H17ClF3N3O5S2. The molecule has 0 saturated carbocycles. The van der Waals surface area contributed by atoms with Crippen LogP contribution in [0.25, 0.3) is 0 Å². The molecule has 1 amide bonds. The number of aryl methyl sites for hydroxylation is 1. The first-order valence-electron chi connectivity index (χ1n) is 9.56. The standard InChI is InChI=1S/C21H17ClF3N3O5S2/c1-13-9-16(26-12-29)6-8-20(13)35(32,33)27-18-7-5-15(22)11-19(18)28-34(30,31)17-4-2-3-14(10-17)21(23,24)25/h2-12,27-28H,1H3,(H,26,29). The number of hydrogen-bond acceptors (Lipinski definition) is 5. The summed E-state index contributed by atoms with van der Waals surface area (Å²) in [4.78, 5) is 9.75. The highest BCUT2D eigenvalue weighted by Crippen LogP contribution is 2.33. The minimum absolute atomic E-state index is 0.0372. The number of anilines is 3. The average molecular weight is 548 g/mol. The van der Waals surface area contributed by atoms with Crippen LogP contribution in [0.3, 0.4) is 0 Å². The lowest BCUT2D eigenvalue weighted by atomic mass is 10.2. The Balaban J connectivity index is 1.98. The van der Waals surface area contributed by atoms with Crippen molar-refractivity contribution in [3.8, 4) is 0 Å². The average Bonchev–Trinajstić information content (AvgIpc) is 2.75. The largest absolute Gasteiger partial charge is 0.416 e. The first-order valence-corrected chi connectivity index (χ1v) is 12.9. The molecule has 0 aliphatic carbocycles. The topological polar surface area (TPSA) is 121 Å². The molecule has 0 spiro atoms. The third-order valence-corrected chi connectivity index (χ3v) is 7.76. The second-order valence-corrected chi connectivity index (χ2v) is 10.9. The van der Waals surface area contributed by atoms with Crippen molar-refractivity contribution < 1.29 is 34.8 Å². The maximum atomic E-state index is 13.0. The van der Waals surface area contributed by atoms with Gasteiger partial charge in [-0.05, 0) is 67.1 Å². The van der Waals surface area contributed by atoms with E-state index < -0.39 is 36.7 Å². The Morgan fingerprint density at radius 2 is 1.54 bits per heavy atom. The Bertz CT molecular complexity index is 1490. The van der Waals surface area contributed by atoms with Crippen molar-refractivity contribution in [3.05, 3.63) is 76.8 Å². The van der Waals surface area contributed by atoms with Crippen molar-refractivity contribution in [2.45, 2.75) is 22.9 Å². The summed E-state index contributed by atoms with van der Waals surface area (Å²) in [6, 6.07) is 10.7. The van der Waals surface area contributed by atoms with E-state index in [0.29, 0.717) is 18.2 Å². The number of hydrogen-bond donors (Lipinski definition) is 3. The van der Waals surface area contributed by atoms with Gasteiger partial charge in [0, 0.05) is 10.7 Å². The SMILES string of the molecule is Cc1cc(NC=O)ccc1S(=O)(=O)Nc1ccc(Cl)cc1NS(=O)(=O)c1cccc(C(F)(F)F)c1. The number of nitrogens with one attached hydrogen (secondary N) is 3. The Labute approximate surface area is 204 Å². The minimum Gasteiger partial charge on any atom is -0.329 e. The summed E-state index contributed by atoms with van der Waals surface area (Å²) in [7, 11) is -8.81. The van der Waals surface area contributed by atoms with Crippen molar-refractivity contribution in [1.29, 1.82) is 0 Å². The molecule has 0 fully saturated rings. The van der Waals surface area contributed by atoms with E-state index in [1.807, 2.05) is 0 Å². The molecule has 0 aliphatic heterocycles. The van der Waals surface area contributed by atoms with Crippen LogP contribution < -0.4 is 14.8 Å². The van der Waals surface area contributed by atoms with Gasteiger partial charge in [0.25, 0.3) is 20.0 Å². The summed E-state index contributed by atoms with van der Waals surface area (Å²) in [5, 5.41) is 2.43. The van der Waals surface area contributed by atoms with Gasteiger partial charge in [0.15, 0.2) is 0 Å². The second kappa shape index (κ2) is 9.76. The molecule has 3 N–H and O–H groups in total. The first kappa shape index (κ1) is 26.3. The van der Waals surface area contributed by atoms with Crippen LogP contribution in [-0.2, 0) is 31.0 Å². The Hall–Kier alpha value is -3.29. The van der Waals surface area contributed by atoms with Crippen LogP contribution in [0.15, 0.2) is 70.5 Å². The van der Waals surface area contributed by atoms with Gasteiger partial charge < -0.3 is 5.32 Å². The fourth-order valence-electron chi connectivity index (χ4n) is 3.04. The van der Waals surface area contributed by atoms with E-state index in [1.54, 1.807) is 0 Å². The van der Waals surface area contributed by atoms with Crippen molar-refractivity contribution in [1.82, 2.24) is 0 Å². The zero-order valence-corrected chi connectivity index (χ0v) is 20.1. The van der Waals surface area contributed by atoms with Crippen LogP contribution in [-0.4, -0.2) is 23.2 Å². The van der Waals surface area contributed by atoms with Gasteiger partial charge in [-0.1, -0.05) is 17.7 Å². The fourth-order valence-corrected chi connectivity index (χ4v) is 5.64. The number of sulfonamides is 2. The maximum absolute atomic E-state index is 13.0. The van der Waals surface area contributed by atoms with Crippen LogP contribution in [0.1, 0.15) is 11.1 Å². The highest BCUT2D eigenvalue weighted by Gasteiger charge is 2.32. The molecule has 0 heterocycles. The fraction of sp³-hybridized carbons (Fsp3) is 0.0952. The molecule has 0 unspecified atom stereocenters. The number of carbonyl (C=O) groups excluding carboxylic acids is 1. The van der Waals surface area contributed by atoms with E-state index >= 15 is 0 Å². The smallest absolute Gasteiger partial charge is 0.329 e. The Kier molecular flexibility index (Phi) is 7.34. The van der Waals surface area contributed by atoms with Crippen LogP contribution >= 0.6 is 11.6 Å². The van der Waals surface area contributed by atoms with Crippen LogP contribution in [0.5, 0.6) is 0 Å². The summed E-state index contributed by atoms with van der Waals surface area (Å²) < 4.78 is 94.9. The quantitative estimate of drug-likeness (QED) is 0.349. The molecule has 3 rings (SSSR count). The molecule has 3 aromatic rings. The molecule has 0 atom stereocenters. The predicted octanol–water partition coefficient (Wildman–Crippen LogP) is 4.84. The molecule has 0 aromatic heterocycles. The number of carbonyl (C=O) groups is 1. The summed E-state index contributed by atoms with van der Waals surface area (Å²) in [6.45, 7) is 1.49. The molecule has 0 saturated heterocycles. The number of amides is 1. The number of alkyl halides is 3. The zero-order valence-electron chi connectivity index (χ0n) is 17.7. The maximum Gasteiger partial charge on any atom is 0.416 e. The third kappa shape index (κ3) is 6.24. The van der Waals surface area contributed by atoms with Gasteiger partial charge in [-0.15, -0.1) is 0 Å². The molecule has 0 radical (unpaired) electrons. The van der Waals surface area contributed by atoms with Crippen LogP contribution in [0.2, 0.25) is 5.02 Å². The highest BCUT2D eigenvalue weighted by atomic mass is 35.5. The molecule has 0 aliphatic rings. The lowest BCUT2D eigenvalue weighted by Gasteiger charge is -2.16. The Morgan fingerprint density at radius 3 is 2.17 bits per heavy atom. The highest BCUT2D eigenvalue weighted by molar-refractivity contribution is 7.93. The molecule has 8 nitrogen and oxygen atoms in total. The van der Waals surface area contributed by atoms with E-state index in [1.165, 1.54) is 37.3 Å². The molecule has 186 valence electrons. The minimum atomic E-state index is -4.77. The van der Waals surface area contributed by atoms with Gasteiger partial charge in [0.05, 0.1) is 26.7 Å². The number of benzene rings is 3. The molecule has 35 heavy (non-hydrogen) atoms. The van der Waals surface area contributed by atoms with E-state index in [4.69, 9.17) is 11.6 Å². The molecule has 0 bridgehead atoms. The van der Waals surface area contributed by atoms with Gasteiger partial charge >= 0.3 is 6.18 Å². The monoisotopic (exact) mass is 547 g/mol. The van der Waals surface area contributed by atoms with E-state index in [9.17, 15) is 34.8 Å². The second-order valence-electron chi connectivity index (χ2n) is 7.17.